The molecule has 0 aromatic rings. The van der Waals surface area contributed by atoms with Crippen molar-refractivity contribution in [3.63, 3.8) is 0 Å². The average molecular weight is 213 g/mol. The largest absolute Gasteiger partial charge is 0.464 e. The lowest BCUT2D eigenvalue weighted by atomic mass is 10.2. The third kappa shape index (κ3) is 4.32. The van der Waals surface area contributed by atoms with E-state index in [1.165, 1.54) is 12.8 Å². The van der Waals surface area contributed by atoms with Gasteiger partial charge in [0.1, 0.15) is 6.04 Å². The van der Waals surface area contributed by atoms with Crippen molar-refractivity contribution in [2.24, 2.45) is 0 Å². The Balaban J connectivity index is 2.06. The van der Waals surface area contributed by atoms with Crippen molar-refractivity contribution in [2.75, 3.05) is 6.61 Å². The molecule has 1 aliphatic heterocycles. The summed E-state index contributed by atoms with van der Waals surface area (Å²) in [6.45, 7) is 2.62. The van der Waals surface area contributed by atoms with E-state index in [2.05, 4.69) is 12.2 Å². The van der Waals surface area contributed by atoms with Crippen LogP contribution in [0.3, 0.4) is 0 Å². The summed E-state index contributed by atoms with van der Waals surface area (Å²) in [5.74, 6) is -0.333. The molecular weight excluding hydrogens is 194 g/mol. The van der Waals surface area contributed by atoms with Gasteiger partial charge in [-0.05, 0) is 12.8 Å². The van der Waals surface area contributed by atoms with E-state index >= 15 is 0 Å². The molecule has 1 atom stereocenters. The molecule has 0 spiro atoms. The van der Waals surface area contributed by atoms with Gasteiger partial charge in [0.15, 0.2) is 0 Å². The molecule has 0 aromatic carbocycles. The van der Waals surface area contributed by atoms with E-state index in [-0.39, 0.29) is 11.9 Å². The topological polar surface area (TPSA) is 55.4 Å². The first-order valence-electron chi connectivity index (χ1n) is 5.70. The van der Waals surface area contributed by atoms with Crippen molar-refractivity contribution >= 4 is 11.9 Å². The van der Waals surface area contributed by atoms with Crippen LogP contribution in [-0.2, 0) is 14.3 Å². The van der Waals surface area contributed by atoms with E-state index in [9.17, 15) is 9.59 Å². The number of hydrogen-bond acceptors (Lipinski definition) is 3. The van der Waals surface area contributed by atoms with Crippen molar-refractivity contribution in [3.8, 4) is 0 Å². The molecule has 1 heterocycles. The Hall–Kier alpha value is -1.06. The maximum atomic E-state index is 11.4. The predicted molar refractivity (Wildman–Crippen MR) is 56.3 cm³/mol. The van der Waals surface area contributed by atoms with Gasteiger partial charge < -0.3 is 10.1 Å². The van der Waals surface area contributed by atoms with E-state index in [0.29, 0.717) is 19.4 Å². The zero-order valence-electron chi connectivity index (χ0n) is 9.25. The highest BCUT2D eigenvalue weighted by molar-refractivity contribution is 5.87. The van der Waals surface area contributed by atoms with Gasteiger partial charge in [-0.2, -0.15) is 0 Å². The Morgan fingerprint density at radius 2 is 2.27 bits per heavy atom. The highest BCUT2D eigenvalue weighted by Crippen LogP contribution is 2.08. The molecule has 1 N–H and O–H groups in total. The lowest BCUT2D eigenvalue weighted by Crippen LogP contribution is -2.34. The summed E-state index contributed by atoms with van der Waals surface area (Å²) >= 11 is 0. The number of rotatable bonds is 6. The van der Waals surface area contributed by atoms with Gasteiger partial charge in [0.2, 0.25) is 5.91 Å². The van der Waals surface area contributed by atoms with Gasteiger partial charge in [0, 0.05) is 6.42 Å². The fourth-order valence-electron chi connectivity index (χ4n) is 1.59. The zero-order chi connectivity index (χ0) is 11.1. The van der Waals surface area contributed by atoms with Crippen LogP contribution < -0.4 is 5.32 Å². The summed E-state index contributed by atoms with van der Waals surface area (Å²) in [6, 6.07) is -0.399. The van der Waals surface area contributed by atoms with Crippen LogP contribution in [-0.4, -0.2) is 24.5 Å². The zero-order valence-corrected chi connectivity index (χ0v) is 9.25. The minimum atomic E-state index is -0.399. The second-order valence-corrected chi connectivity index (χ2v) is 3.89. The van der Waals surface area contributed by atoms with E-state index in [0.717, 1.165) is 12.8 Å². The van der Waals surface area contributed by atoms with Crippen LogP contribution in [0, 0.1) is 0 Å². The highest BCUT2D eigenvalue weighted by Gasteiger charge is 2.28. The number of unbranched alkanes of at least 4 members (excludes halogenated alkanes) is 3. The molecule has 15 heavy (non-hydrogen) atoms. The van der Waals surface area contributed by atoms with Crippen molar-refractivity contribution in [2.45, 2.75) is 51.5 Å². The molecule has 1 amide bonds. The number of carbonyl (C=O) groups excluding carboxylic acids is 2. The molecule has 0 saturated carbocycles. The third-order valence-corrected chi connectivity index (χ3v) is 2.52. The molecule has 0 aliphatic carbocycles. The van der Waals surface area contributed by atoms with Crippen molar-refractivity contribution in [1.29, 1.82) is 0 Å². The van der Waals surface area contributed by atoms with E-state index < -0.39 is 6.04 Å². The second-order valence-electron chi connectivity index (χ2n) is 3.89. The van der Waals surface area contributed by atoms with Gasteiger partial charge in [0.05, 0.1) is 6.61 Å². The van der Waals surface area contributed by atoms with Crippen LogP contribution in [0.4, 0.5) is 0 Å². The number of esters is 1. The van der Waals surface area contributed by atoms with Crippen LogP contribution in [0.15, 0.2) is 0 Å². The van der Waals surface area contributed by atoms with Gasteiger partial charge in [-0.25, -0.2) is 4.79 Å². The Bertz CT molecular complexity index is 228. The third-order valence-electron chi connectivity index (χ3n) is 2.52. The first-order valence-corrected chi connectivity index (χ1v) is 5.70. The van der Waals surface area contributed by atoms with Crippen LogP contribution >= 0.6 is 0 Å². The molecule has 0 unspecified atom stereocenters. The molecule has 1 saturated heterocycles. The predicted octanol–water partition coefficient (Wildman–Crippen LogP) is 1.39. The monoisotopic (exact) mass is 213 g/mol. The number of ether oxygens (including phenoxy) is 1. The van der Waals surface area contributed by atoms with Crippen LogP contribution in [0.1, 0.15) is 45.4 Å². The molecule has 0 radical (unpaired) electrons. The van der Waals surface area contributed by atoms with Gasteiger partial charge >= 0.3 is 5.97 Å². The number of hydrogen-bond donors (Lipinski definition) is 1. The van der Waals surface area contributed by atoms with Gasteiger partial charge in [-0.3, -0.25) is 4.79 Å². The molecule has 86 valence electrons. The van der Waals surface area contributed by atoms with Crippen LogP contribution in [0.25, 0.3) is 0 Å². The fourth-order valence-corrected chi connectivity index (χ4v) is 1.59. The minimum Gasteiger partial charge on any atom is -0.464 e. The Labute approximate surface area is 90.4 Å². The van der Waals surface area contributed by atoms with Gasteiger partial charge in [0.25, 0.3) is 0 Å². The Morgan fingerprint density at radius 3 is 2.87 bits per heavy atom. The molecule has 0 aromatic heterocycles. The number of amides is 1. The smallest absolute Gasteiger partial charge is 0.328 e. The molecule has 0 bridgehead atoms. The second kappa shape index (κ2) is 6.43. The summed E-state index contributed by atoms with van der Waals surface area (Å²) < 4.78 is 5.07. The SMILES string of the molecule is CCCCCCOC(=O)[C@H]1CCC(=O)N1. The van der Waals surface area contributed by atoms with Gasteiger partial charge in [-0.1, -0.05) is 26.2 Å². The lowest BCUT2D eigenvalue weighted by Gasteiger charge is -2.09. The van der Waals surface area contributed by atoms with Crippen LogP contribution in [0.2, 0.25) is 0 Å². The van der Waals surface area contributed by atoms with Crippen molar-refractivity contribution < 1.29 is 14.3 Å². The van der Waals surface area contributed by atoms with Crippen molar-refractivity contribution in [3.05, 3.63) is 0 Å². The quantitative estimate of drug-likeness (QED) is 0.536. The first kappa shape index (κ1) is 12.0. The van der Waals surface area contributed by atoms with E-state index in [1.807, 2.05) is 0 Å². The highest BCUT2D eigenvalue weighted by atomic mass is 16.5. The maximum absolute atomic E-state index is 11.4. The molecule has 1 fully saturated rings. The fraction of sp³-hybridized carbons (Fsp3) is 0.818. The summed E-state index contributed by atoms with van der Waals surface area (Å²) in [7, 11) is 0. The minimum absolute atomic E-state index is 0.0528. The molecule has 1 rings (SSSR count). The summed E-state index contributed by atoms with van der Waals surface area (Å²) in [5, 5.41) is 2.59. The van der Waals surface area contributed by atoms with Gasteiger partial charge in [-0.15, -0.1) is 0 Å². The van der Waals surface area contributed by atoms with Crippen molar-refractivity contribution in [1.82, 2.24) is 5.32 Å². The average Bonchev–Trinajstić information content (AvgIpc) is 2.64. The number of nitrogens with one attached hydrogen (secondary N) is 1. The van der Waals surface area contributed by atoms with E-state index in [1.54, 1.807) is 0 Å². The Kier molecular flexibility index (Phi) is 5.15. The first-order chi connectivity index (χ1) is 7.24. The van der Waals surface area contributed by atoms with E-state index in [4.69, 9.17) is 4.74 Å². The summed E-state index contributed by atoms with van der Waals surface area (Å²) in [5.41, 5.74) is 0. The molecule has 1 aliphatic rings. The standard InChI is InChI=1S/C11H19NO3/c1-2-3-4-5-8-15-11(14)9-6-7-10(13)12-9/h9H,2-8H2,1H3,(H,12,13)/t9-/m1/s1. The lowest BCUT2D eigenvalue weighted by molar-refractivity contribution is -0.146. The molecule has 4 nitrogen and oxygen atoms in total. The Morgan fingerprint density at radius 1 is 1.47 bits per heavy atom. The molecular formula is C11H19NO3. The number of carbonyl (C=O) groups is 2. The maximum Gasteiger partial charge on any atom is 0.328 e. The van der Waals surface area contributed by atoms with Crippen LogP contribution in [0.5, 0.6) is 0 Å². The summed E-state index contributed by atoms with van der Waals surface area (Å²) in [6.07, 6.45) is 5.38. The normalized spacial score (nSPS) is 20.1. The molecule has 4 heteroatoms. The summed E-state index contributed by atoms with van der Waals surface area (Å²) in [4.78, 5) is 22.2.